The monoisotopic (exact) mass is 406 g/mol. The van der Waals surface area contributed by atoms with Gasteiger partial charge in [-0.15, -0.1) is 0 Å². The van der Waals surface area contributed by atoms with Crippen LogP contribution in [-0.2, 0) is 0 Å². The van der Waals surface area contributed by atoms with E-state index in [0.717, 1.165) is 32.1 Å². The van der Waals surface area contributed by atoms with Gasteiger partial charge in [0.25, 0.3) is 5.91 Å². The van der Waals surface area contributed by atoms with Crippen molar-refractivity contribution >= 4 is 11.6 Å². The summed E-state index contributed by atoms with van der Waals surface area (Å²) in [6.45, 7) is 10.1. The van der Waals surface area contributed by atoms with Gasteiger partial charge in [0, 0.05) is 39.3 Å². The van der Waals surface area contributed by atoms with Gasteiger partial charge in [-0.25, -0.2) is 4.98 Å². The molecule has 0 bridgehead atoms. The highest BCUT2D eigenvalue weighted by Crippen LogP contribution is 2.31. The molecular formula is C23H39FN4O. The second kappa shape index (κ2) is 12.1. The van der Waals surface area contributed by atoms with Crippen LogP contribution in [-0.4, -0.2) is 55.1 Å². The van der Waals surface area contributed by atoms with Gasteiger partial charge in [-0.3, -0.25) is 9.69 Å². The molecule has 1 N–H and O–H groups in total. The van der Waals surface area contributed by atoms with Gasteiger partial charge in [-0.1, -0.05) is 40.0 Å². The summed E-state index contributed by atoms with van der Waals surface area (Å²) in [7, 11) is 1.52. The fraction of sp³-hybridized carbons (Fsp3) is 0.739. The van der Waals surface area contributed by atoms with Crippen molar-refractivity contribution in [3.8, 4) is 0 Å². The van der Waals surface area contributed by atoms with Crippen molar-refractivity contribution < 1.29 is 9.18 Å². The molecule has 1 aromatic rings. The highest BCUT2D eigenvalue weighted by atomic mass is 19.1. The number of nitrogens with one attached hydrogen (secondary N) is 1. The molecule has 0 unspecified atom stereocenters. The zero-order valence-corrected chi connectivity index (χ0v) is 18.7. The van der Waals surface area contributed by atoms with Crippen molar-refractivity contribution in [2.45, 2.75) is 71.8 Å². The zero-order chi connectivity index (χ0) is 21.2. The number of piperazine rings is 1. The van der Waals surface area contributed by atoms with Crippen LogP contribution in [0.15, 0.2) is 12.1 Å². The van der Waals surface area contributed by atoms with E-state index in [1.54, 1.807) is 12.1 Å². The lowest BCUT2D eigenvalue weighted by Crippen LogP contribution is -2.51. The van der Waals surface area contributed by atoms with Crippen LogP contribution in [0.1, 0.15) is 76.2 Å². The van der Waals surface area contributed by atoms with Crippen LogP contribution in [0.2, 0.25) is 0 Å². The number of carbonyl (C=O) groups is 1. The lowest BCUT2D eigenvalue weighted by atomic mass is 9.83. The Kier molecular flexibility index (Phi) is 9.85. The van der Waals surface area contributed by atoms with Crippen LogP contribution in [0.5, 0.6) is 0 Å². The van der Waals surface area contributed by atoms with E-state index >= 15 is 0 Å². The van der Waals surface area contributed by atoms with E-state index in [-0.39, 0.29) is 11.6 Å². The van der Waals surface area contributed by atoms with Crippen LogP contribution in [0.25, 0.3) is 0 Å². The fourth-order valence-electron chi connectivity index (χ4n) is 4.45. The molecule has 29 heavy (non-hydrogen) atoms. The number of hydrogen-bond donors (Lipinski definition) is 1. The van der Waals surface area contributed by atoms with E-state index in [1.165, 1.54) is 52.0 Å². The summed E-state index contributed by atoms with van der Waals surface area (Å²) >= 11 is 0. The lowest BCUT2D eigenvalue weighted by molar-refractivity contribution is 0.0957. The topological polar surface area (TPSA) is 48.5 Å². The van der Waals surface area contributed by atoms with Crippen LogP contribution in [0.3, 0.4) is 0 Å². The quantitative estimate of drug-likeness (QED) is 0.733. The number of pyridine rings is 1. The molecule has 2 heterocycles. The van der Waals surface area contributed by atoms with E-state index in [1.807, 2.05) is 0 Å². The minimum absolute atomic E-state index is 0.122. The number of halogens is 1. The van der Waals surface area contributed by atoms with Crippen molar-refractivity contribution in [3.63, 3.8) is 0 Å². The van der Waals surface area contributed by atoms with E-state index in [9.17, 15) is 9.18 Å². The van der Waals surface area contributed by atoms with Crippen LogP contribution < -0.4 is 10.2 Å². The van der Waals surface area contributed by atoms with Crippen molar-refractivity contribution in [2.24, 2.45) is 5.92 Å². The molecule has 1 saturated carbocycles. The fourth-order valence-corrected chi connectivity index (χ4v) is 4.45. The predicted molar refractivity (Wildman–Crippen MR) is 118 cm³/mol. The number of amides is 1. The molecule has 1 aromatic heterocycles. The average Bonchev–Trinajstić information content (AvgIpc) is 2.75. The Morgan fingerprint density at radius 2 is 1.72 bits per heavy atom. The van der Waals surface area contributed by atoms with E-state index in [0.29, 0.717) is 11.7 Å². The maximum absolute atomic E-state index is 14.4. The predicted octanol–water partition coefficient (Wildman–Crippen LogP) is 4.48. The maximum Gasteiger partial charge on any atom is 0.269 e. The first-order chi connectivity index (χ1) is 14.0. The summed E-state index contributed by atoms with van der Waals surface area (Å²) in [5, 5.41) is 2.47. The van der Waals surface area contributed by atoms with E-state index < -0.39 is 5.95 Å². The molecule has 6 heteroatoms. The van der Waals surface area contributed by atoms with Crippen molar-refractivity contribution in [3.05, 3.63) is 23.8 Å². The van der Waals surface area contributed by atoms with Crippen LogP contribution >= 0.6 is 0 Å². The van der Waals surface area contributed by atoms with Crippen molar-refractivity contribution in [1.29, 1.82) is 0 Å². The SMILES string of the molecule is CCC.CCCC1CCC(N2CCN(c3ccc(C(=O)NC)nc3F)CC2)CC1. The Labute approximate surface area is 176 Å². The van der Waals surface area contributed by atoms with Crippen molar-refractivity contribution in [2.75, 3.05) is 38.1 Å². The van der Waals surface area contributed by atoms with Crippen LogP contribution in [0, 0.1) is 11.9 Å². The molecule has 3 rings (SSSR count). The molecule has 1 amide bonds. The second-order valence-electron chi connectivity index (χ2n) is 8.28. The smallest absolute Gasteiger partial charge is 0.269 e. The van der Waals surface area contributed by atoms with E-state index in [4.69, 9.17) is 0 Å². The Morgan fingerprint density at radius 1 is 1.10 bits per heavy atom. The number of aromatic nitrogens is 1. The van der Waals surface area contributed by atoms with Gasteiger partial charge in [0.15, 0.2) is 0 Å². The number of rotatable bonds is 5. The minimum Gasteiger partial charge on any atom is -0.365 e. The molecule has 2 aliphatic rings. The Hall–Kier alpha value is -1.69. The van der Waals surface area contributed by atoms with Gasteiger partial charge in [0.2, 0.25) is 5.95 Å². The molecular weight excluding hydrogens is 367 g/mol. The maximum atomic E-state index is 14.4. The highest BCUT2D eigenvalue weighted by Gasteiger charge is 2.29. The summed E-state index contributed by atoms with van der Waals surface area (Å²) in [6.07, 6.45) is 9.25. The average molecular weight is 407 g/mol. The molecule has 2 fully saturated rings. The third kappa shape index (κ3) is 6.66. The number of carbonyl (C=O) groups excluding carboxylic acids is 1. The van der Waals surface area contributed by atoms with E-state index in [2.05, 4.69) is 40.9 Å². The minimum atomic E-state index is -0.556. The summed E-state index contributed by atoms with van der Waals surface area (Å²) in [4.78, 5) is 20.0. The standard InChI is InChI=1S/C20H31FN4O.C3H8/c1-3-4-15-5-7-16(8-6-15)24-11-13-25(14-12-24)18-10-9-17(20(26)22-2)23-19(18)21;1-3-2/h9-10,15-16H,3-8,11-14H2,1-2H3,(H,22,26);3H2,1-2H3. The number of anilines is 1. The lowest BCUT2D eigenvalue weighted by Gasteiger charge is -2.42. The summed E-state index contributed by atoms with van der Waals surface area (Å²) in [6, 6.07) is 3.97. The summed E-state index contributed by atoms with van der Waals surface area (Å²) in [5.74, 6) is 0.00936. The molecule has 0 atom stereocenters. The second-order valence-corrected chi connectivity index (χ2v) is 8.28. The van der Waals surface area contributed by atoms with Gasteiger partial charge in [0.05, 0.1) is 5.69 Å². The normalized spacial score (nSPS) is 22.6. The van der Waals surface area contributed by atoms with Gasteiger partial charge in [0.1, 0.15) is 5.69 Å². The molecule has 5 nitrogen and oxygen atoms in total. The molecule has 1 aliphatic carbocycles. The van der Waals surface area contributed by atoms with Gasteiger partial charge in [-0.2, -0.15) is 4.39 Å². The first-order valence-electron chi connectivity index (χ1n) is 11.4. The Bertz CT molecular complexity index is 623. The van der Waals surface area contributed by atoms with Gasteiger partial charge in [-0.05, 0) is 43.7 Å². The zero-order valence-electron chi connectivity index (χ0n) is 18.7. The summed E-state index contributed by atoms with van der Waals surface area (Å²) in [5.41, 5.74) is 0.625. The third-order valence-electron chi connectivity index (χ3n) is 5.97. The van der Waals surface area contributed by atoms with Gasteiger partial charge < -0.3 is 10.2 Å². The first kappa shape index (κ1) is 23.6. The molecule has 0 spiro atoms. The number of hydrogen-bond acceptors (Lipinski definition) is 4. The van der Waals surface area contributed by atoms with Crippen molar-refractivity contribution in [1.82, 2.24) is 15.2 Å². The Morgan fingerprint density at radius 3 is 2.24 bits per heavy atom. The van der Waals surface area contributed by atoms with Gasteiger partial charge >= 0.3 is 0 Å². The largest absolute Gasteiger partial charge is 0.365 e. The molecule has 0 radical (unpaired) electrons. The molecule has 1 aliphatic heterocycles. The first-order valence-corrected chi connectivity index (χ1v) is 11.4. The van der Waals surface area contributed by atoms with Crippen LogP contribution in [0.4, 0.5) is 10.1 Å². The molecule has 1 saturated heterocycles. The Balaban J connectivity index is 0.000000941. The highest BCUT2D eigenvalue weighted by molar-refractivity contribution is 5.92. The molecule has 0 aromatic carbocycles. The molecule has 164 valence electrons. The number of nitrogens with zero attached hydrogens (tertiary/aromatic N) is 3. The summed E-state index contributed by atoms with van der Waals surface area (Å²) < 4.78 is 14.4. The third-order valence-corrected chi connectivity index (χ3v) is 5.97.